The number of aromatic nitrogens is 2. The van der Waals surface area contributed by atoms with Crippen LogP contribution in [0.3, 0.4) is 0 Å². The Morgan fingerprint density at radius 1 is 1.19 bits per heavy atom. The highest BCUT2D eigenvalue weighted by Gasteiger charge is 2.21. The van der Waals surface area contributed by atoms with Crippen molar-refractivity contribution >= 4 is 24.1 Å². The average Bonchev–Trinajstić information content (AvgIpc) is 2.97. The van der Waals surface area contributed by atoms with Gasteiger partial charge in [-0.05, 0) is 36.6 Å². The largest absolute Gasteiger partial charge is 0.376 e. The molecule has 0 aliphatic rings. The molecule has 1 heterocycles. The van der Waals surface area contributed by atoms with Crippen LogP contribution in [0.5, 0.6) is 0 Å². The topological polar surface area (TPSA) is 58.7 Å². The van der Waals surface area contributed by atoms with Crippen molar-refractivity contribution in [2.75, 3.05) is 6.16 Å². The lowest BCUT2D eigenvalue weighted by atomic mass is 10.1. The van der Waals surface area contributed by atoms with Crippen molar-refractivity contribution in [3.63, 3.8) is 0 Å². The van der Waals surface area contributed by atoms with Gasteiger partial charge in [-0.25, -0.2) is 4.98 Å². The van der Waals surface area contributed by atoms with Gasteiger partial charge in [-0.2, -0.15) is 5.26 Å². The zero-order chi connectivity index (χ0) is 18.5. The Hall–Kier alpha value is -2.50. The smallest absolute Gasteiger partial charge is 0.331 e. The molecular weight excluding hydrogens is 341 g/mol. The Morgan fingerprint density at radius 3 is 2.77 bits per heavy atom. The zero-order valence-electron chi connectivity index (χ0n) is 15.3. The maximum absolute atomic E-state index is 12.5. The third-order valence-corrected chi connectivity index (χ3v) is 6.27. The molecule has 0 N–H and O–H groups in total. The average molecular weight is 364 g/mol. The van der Waals surface area contributed by atoms with Gasteiger partial charge in [0.2, 0.25) is 0 Å². The van der Waals surface area contributed by atoms with Gasteiger partial charge in [-0.3, -0.25) is 0 Å². The predicted molar refractivity (Wildman–Crippen MR) is 106 cm³/mol. The second-order valence-electron chi connectivity index (χ2n) is 6.52. The van der Waals surface area contributed by atoms with Gasteiger partial charge in [0.25, 0.3) is 0 Å². The Labute approximate surface area is 155 Å². The Kier molecular flexibility index (Phi) is 5.81. The molecule has 132 valence electrons. The van der Waals surface area contributed by atoms with E-state index in [4.69, 9.17) is 4.98 Å². The summed E-state index contributed by atoms with van der Waals surface area (Å²) in [5.74, 6) is 0.904. The zero-order valence-corrected chi connectivity index (χ0v) is 16.2. The molecule has 0 fully saturated rings. The van der Waals surface area contributed by atoms with Crippen LogP contribution in [0.25, 0.3) is 11.0 Å². The molecule has 0 aliphatic carbocycles. The van der Waals surface area contributed by atoms with E-state index in [9.17, 15) is 9.83 Å². The predicted octanol–water partition coefficient (Wildman–Crippen LogP) is 4.68. The lowest BCUT2D eigenvalue weighted by Gasteiger charge is -2.04. The van der Waals surface area contributed by atoms with Crippen molar-refractivity contribution in [3.8, 4) is 6.07 Å². The van der Waals surface area contributed by atoms with E-state index < -0.39 is 7.80 Å². The fourth-order valence-corrected chi connectivity index (χ4v) is 4.42. The molecule has 26 heavy (non-hydrogen) atoms. The Bertz CT molecular complexity index is 985. The number of nitrogens with zero attached hydrogens (tertiary/aromatic N) is 3. The summed E-state index contributed by atoms with van der Waals surface area (Å²) in [6, 6.07) is 15.8. The van der Waals surface area contributed by atoms with E-state index >= 15 is 0 Å². The summed E-state index contributed by atoms with van der Waals surface area (Å²) in [5, 5.41) is 10.2. The van der Waals surface area contributed by atoms with Crippen LogP contribution in [0, 0.1) is 11.3 Å². The van der Waals surface area contributed by atoms with Crippen molar-refractivity contribution in [1.82, 2.24) is 9.55 Å². The minimum absolute atomic E-state index is 0.604. The van der Waals surface area contributed by atoms with Crippen LogP contribution < -0.4 is 5.30 Å². The molecule has 1 atom stereocenters. The van der Waals surface area contributed by atoms with Crippen molar-refractivity contribution in [1.29, 1.82) is 5.26 Å². The lowest BCUT2D eigenvalue weighted by molar-refractivity contribution is 0.590. The first kappa shape index (κ1) is 18.3. The van der Waals surface area contributed by atoms with Gasteiger partial charge in [0.15, 0.2) is 11.5 Å². The minimum atomic E-state index is -1.36. The number of rotatable bonds is 7. The Morgan fingerprint density at radius 2 is 2.00 bits per heavy atom. The van der Waals surface area contributed by atoms with Gasteiger partial charge >= 0.3 is 7.80 Å². The van der Waals surface area contributed by atoms with Crippen LogP contribution in [0.15, 0.2) is 42.5 Å². The molecule has 1 unspecified atom stereocenters. The molecule has 5 heteroatoms. The van der Waals surface area contributed by atoms with Crippen molar-refractivity contribution in [3.05, 3.63) is 59.4 Å². The van der Waals surface area contributed by atoms with E-state index in [-0.39, 0.29) is 0 Å². The van der Waals surface area contributed by atoms with Gasteiger partial charge in [0, 0.05) is 19.5 Å². The van der Waals surface area contributed by atoms with E-state index in [1.54, 1.807) is 0 Å². The number of nitriles is 1. The summed E-state index contributed by atoms with van der Waals surface area (Å²) < 4.78 is 14.6. The highest BCUT2D eigenvalue weighted by molar-refractivity contribution is 7.53. The molecule has 3 rings (SSSR count). The summed E-state index contributed by atoms with van der Waals surface area (Å²) >= 11 is 0. The molecule has 0 saturated carbocycles. The van der Waals surface area contributed by atoms with E-state index in [0.717, 1.165) is 53.2 Å². The number of fused-ring (bicyclic) bond motifs is 1. The van der Waals surface area contributed by atoms with Gasteiger partial charge < -0.3 is 4.57 Å². The summed E-state index contributed by atoms with van der Waals surface area (Å²) in [4.78, 5) is 4.75. The third-order valence-electron chi connectivity index (χ3n) is 4.70. The quantitative estimate of drug-likeness (QED) is 0.452. The Balaban J connectivity index is 1.88. The molecule has 0 spiro atoms. The molecule has 3 aromatic rings. The van der Waals surface area contributed by atoms with Crippen LogP contribution in [-0.2, 0) is 18.0 Å². The van der Waals surface area contributed by atoms with Gasteiger partial charge in [-0.1, -0.05) is 36.1 Å². The summed E-state index contributed by atoms with van der Waals surface area (Å²) in [5.41, 5.74) is 3.54. The van der Waals surface area contributed by atoms with Crippen LogP contribution in [0.1, 0.15) is 43.1 Å². The van der Waals surface area contributed by atoms with E-state index in [0.29, 0.717) is 12.0 Å². The SMILES string of the molecule is CCCCC[P+](=O)c1ccc2c(c1)nc(Cc1ccccc1C#N)n2C. The second-order valence-corrected chi connectivity index (χ2v) is 8.24. The number of benzene rings is 2. The first-order chi connectivity index (χ1) is 12.6. The highest BCUT2D eigenvalue weighted by Crippen LogP contribution is 2.25. The molecule has 2 aromatic carbocycles. The van der Waals surface area contributed by atoms with Crippen molar-refractivity contribution < 1.29 is 4.57 Å². The molecule has 0 aliphatic heterocycles. The summed E-state index contributed by atoms with van der Waals surface area (Å²) in [6.45, 7) is 2.15. The molecule has 1 aromatic heterocycles. The van der Waals surface area contributed by atoms with Crippen molar-refractivity contribution in [2.24, 2.45) is 7.05 Å². The molecule has 0 saturated heterocycles. The highest BCUT2D eigenvalue weighted by atomic mass is 31.1. The molecule has 4 nitrogen and oxygen atoms in total. The van der Waals surface area contributed by atoms with Crippen LogP contribution in [-0.4, -0.2) is 15.7 Å². The third kappa shape index (κ3) is 3.84. The number of unbranched alkanes of at least 4 members (excludes halogenated alkanes) is 2. The van der Waals surface area contributed by atoms with Gasteiger partial charge in [0.1, 0.15) is 5.82 Å². The minimum Gasteiger partial charge on any atom is -0.331 e. The number of hydrogen-bond acceptors (Lipinski definition) is 3. The second kappa shape index (κ2) is 8.25. The summed E-state index contributed by atoms with van der Waals surface area (Å²) in [6.07, 6.45) is 4.60. The number of aryl methyl sites for hydroxylation is 1. The number of hydrogen-bond donors (Lipinski definition) is 0. The fraction of sp³-hybridized carbons (Fsp3) is 0.333. The fourth-order valence-electron chi connectivity index (χ4n) is 3.14. The molecular formula is C21H23N3OP+. The van der Waals surface area contributed by atoms with Crippen LogP contribution in [0.4, 0.5) is 0 Å². The monoisotopic (exact) mass is 364 g/mol. The first-order valence-corrected chi connectivity index (χ1v) is 10.5. The van der Waals surface area contributed by atoms with E-state index in [1.807, 2.05) is 49.5 Å². The van der Waals surface area contributed by atoms with Gasteiger partial charge in [-0.15, -0.1) is 0 Å². The van der Waals surface area contributed by atoms with Crippen LogP contribution in [0.2, 0.25) is 0 Å². The lowest BCUT2D eigenvalue weighted by Crippen LogP contribution is -2.01. The maximum Gasteiger partial charge on any atom is 0.376 e. The normalized spacial score (nSPS) is 11.5. The van der Waals surface area contributed by atoms with Crippen LogP contribution >= 0.6 is 7.80 Å². The van der Waals surface area contributed by atoms with E-state index in [2.05, 4.69) is 17.6 Å². The van der Waals surface area contributed by atoms with Gasteiger partial charge in [0.05, 0.1) is 22.7 Å². The number of imidazole rings is 1. The molecule has 0 bridgehead atoms. The van der Waals surface area contributed by atoms with E-state index in [1.165, 1.54) is 0 Å². The standard InChI is InChI=1S/C21H23N3OP/c1-3-4-7-12-26(25)18-10-11-20-19(14-18)23-21(24(20)2)13-16-8-5-6-9-17(16)15-22/h5-6,8-11,14H,3-4,7,12-13H2,1-2H3/q+1. The summed E-state index contributed by atoms with van der Waals surface area (Å²) in [7, 11) is 0.628. The maximum atomic E-state index is 12.5. The molecule has 0 amide bonds. The van der Waals surface area contributed by atoms with Crippen molar-refractivity contribution in [2.45, 2.75) is 32.6 Å². The first-order valence-electron chi connectivity index (χ1n) is 9.02. The molecule has 0 radical (unpaired) electrons.